The zero-order chi connectivity index (χ0) is 10.6. The minimum Gasteiger partial charge on any atom is -0.497 e. The summed E-state index contributed by atoms with van der Waals surface area (Å²) in [6, 6.07) is 7.58. The summed E-state index contributed by atoms with van der Waals surface area (Å²) in [4.78, 5) is 1.03. The average Bonchev–Trinajstić information content (AvgIpc) is 2.14. The monoisotopic (exact) mass is 201 g/mol. The molecule has 0 saturated carbocycles. The van der Waals surface area contributed by atoms with Gasteiger partial charge < -0.3 is 4.74 Å². The fourth-order valence-corrected chi connectivity index (χ4v) is 2.02. The number of hydrogen-bond donors (Lipinski definition) is 0. The fraction of sp³-hybridized carbons (Fsp3) is 0.333. The Bertz CT molecular complexity index is 282. The van der Waals surface area contributed by atoms with Crippen molar-refractivity contribution in [3.8, 4) is 5.75 Å². The standard InChI is InChI=1S/C9H12OS2/c1-3-11-12-9-6-4-8(10-2)5-7-9/h4-7H,3H2,1-2H3/i3+1H2. The number of benzene rings is 1. The summed E-state index contributed by atoms with van der Waals surface area (Å²) in [6.07, 6.45) is 0. The second-order valence-electron chi connectivity index (χ2n) is 2.05. The SMILES string of the molecule is [1H][13C]([1H])(C)SSc1ccc(OC)cc1. The van der Waals surface area contributed by atoms with Gasteiger partial charge in [-0.1, -0.05) is 28.5 Å². The van der Waals surface area contributed by atoms with E-state index in [0.717, 1.165) is 10.6 Å². The largest absolute Gasteiger partial charge is 0.497 e. The fourth-order valence-electron chi connectivity index (χ4n) is 0.721. The van der Waals surface area contributed by atoms with Crippen LogP contribution in [0.3, 0.4) is 0 Å². The van der Waals surface area contributed by atoms with Crippen LogP contribution >= 0.6 is 21.6 Å². The van der Waals surface area contributed by atoms with Gasteiger partial charge in [-0.05, 0) is 24.3 Å². The Morgan fingerprint density at radius 2 is 2.08 bits per heavy atom. The quantitative estimate of drug-likeness (QED) is 0.545. The molecule has 0 bridgehead atoms. The van der Waals surface area contributed by atoms with Crippen molar-refractivity contribution in [3.05, 3.63) is 24.3 Å². The lowest BCUT2D eigenvalue weighted by atomic mass is 10.3. The molecular weight excluding hydrogens is 189 g/mol. The van der Waals surface area contributed by atoms with Gasteiger partial charge in [-0.15, -0.1) is 0 Å². The highest BCUT2D eigenvalue weighted by molar-refractivity contribution is 8.76. The molecule has 0 aliphatic heterocycles. The van der Waals surface area contributed by atoms with E-state index in [-0.39, 0.29) is 0 Å². The molecule has 3 heteroatoms. The van der Waals surface area contributed by atoms with Crippen LogP contribution in [0.15, 0.2) is 29.2 Å². The van der Waals surface area contributed by atoms with Gasteiger partial charge in [-0.3, -0.25) is 0 Å². The highest BCUT2D eigenvalue weighted by Gasteiger charge is 1.93. The zero-order valence-electron chi connectivity index (χ0n) is 9.03. The van der Waals surface area contributed by atoms with Crippen LogP contribution in [0.5, 0.6) is 5.75 Å². The number of hydrogen-bond acceptors (Lipinski definition) is 3. The summed E-state index contributed by atoms with van der Waals surface area (Å²) in [6.45, 7) is 1.55. The maximum Gasteiger partial charge on any atom is 0.118 e. The third kappa shape index (κ3) is 2.99. The molecule has 0 unspecified atom stereocenters. The van der Waals surface area contributed by atoms with Crippen molar-refractivity contribution in [2.45, 2.75) is 11.8 Å². The van der Waals surface area contributed by atoms with E-state index in [2.05, 4.69) is 0 Å². The van der Waals surface area contributed by atoms with Crippen molar-refractivity contribution in [1.82, 2.24) is 0 Å². The number of ether oxygens (including phenoxy) is 1. The van der Waals surface area contributed by atoms with Crippen LogP contribution in [0.1, 0.15) is 9.67 Å². The minimum absolute atomic E-state index is 0.818. The van der Waals surface area contributed by atoms with Crippen LogP contribution in [0.25, 0.3) is 0 Å². The molecule has 1 rings (SSSR count). The normalized spacial score (nSPS) is 13.5. The highest BCUT2D eigenvalue weighted by atomic mass is 33.1. The molecule has 0 N–H and O–H groups in total. The lowest BCUT2D eigenvalue weighted by Crippen LogP contribution is -1.80. The third-order valence-corrected chi connectivity index (χ3v) is 3.32. The molecule has 1 aromatic rings. The van der Waals surface area contributed by atoms with Gasteiger partial charge in [-0.2, -0.15) is 0 Å². The molecule has 1 nitrogen and oxygen atoms in total. The molecular formula is C9H12OS2. The maximum absolute atomic E-state index is 7.34. The lowest BCUT2D eigenvalue weighted by Gasteiger charge is -2.00. The van der Waals surface area contributed by atoms with Crippen LogP contribution < -0.4 is 4.74 Å². The molecule has 0 aliphatic rings. The Hall–Kier alpha value is -0.280. The van der Waals surface area contributed by atoms with Gasteiger partial charge in [0.25, 0.3) is 0 Å². The first-order valence-corrected chi connectivity index (χ1v) is 5.66. The summed E-state index contributed by atoms with van der Waals surface area (Å²) in [5.74, 6) is 0.818. The van der Waals surface area contributed by atoms with Crippen LogP contribution in [-0.2, 0) is 0 Å². The molecule has 0 aromatic heterocycles. The summed E-state index contributed by atoms with van der Waals surface area (Å²) in [7, 11) is 4.27. The first-order valence-electron chi connectivity index (χ1n) is 4.51. The predicted octanol–water partition coefficient (Wildman–Crippen LogP) is 3.46. The molecule has 66 valence electrons. The molecule has 0 atom stereocenters. The van der Waals surface area contributed by atoms with Crippen molar-refractivity contribution in [3.63, 3.8) is 0 Å². The van der Waals surface area contributed by atoms with Gasteiger partial charge in [0.2, 0.25) is 0 Å². The Balaban J connectivity index is 2.52. The summed E-state index contributed by atoms with van der Waals surface area (Å²) >= 11 is 0. The van der Waals surface area contributed by atoms with E-state index in [9.17, 15) is 0 Å². The van der Waals surface area contributed by atoms with E-state index in [0.29, 0.717) is 0 Å². The van der Waals surface area contributed by atoms with E-state index in [1.807, 2.05) is 24.3 Å². The molecule has 0 amide bonds. The second kappa shape index (κ2) is 5.38. The molecule has 0 aliphatic carbocycles. The van der Waals surface area contributed by atoms with Gasteiger partial charge in [0, 0.05) is 13.3 Å². The summed E-state index contributed by atoms with van der Waals surface area (Å²) < 4.78 is 19.7. The smallest absolute Gasteiger partial charge is 0.118 e. The van der Waals surface area contributed by atoms with Crippen molar-refractivity contribution < 1.29 is 7.48 Å². The van der Waals surface area contributed by atoms with Crippen LogP contribution in [0, 0.1) is 0 Å². The first kappa shape index (κ1) is 7.15. The van der Waals surface area contributed by atoms with E-state index >= 15 is 0 Å². The van der Waals surface area contributed by atoms with Crippen LogP contribution in [0.2, 0.25) is 0 Å². The molecule has 0 radical (unpaired) electrons. The summed E-state index contributed by atoms with van der Waals surface area (Å²) in [5, 5.41) is 0. The average molecular weight is 201 g/mol. The predicted molar refractivity (Wildman–Crippen MR) is 57.0 cm³/mol. The highest BCUT2D eigenvalue weighted by Crippen LogP contribution is 2.31. The van der Waals surface area contributed by atoms with Crippen molar-refractivity contribution in [2.24, 2.45) is 0 Å². The maximum atomic E-state index is 7.34. The Morgan fingerprint density at radius 1 is 1.42 bits per heavy atom. The van der Waals surface area contributed by atoms with E-state index < -0.39 is 5.70 Å². The second-order valence-corrected chi connectivity index (χ2v) is 4.26. The van der Waals surface area contributed by atoms with Gasteiger partial charge in [0.1, 0.15) is 5.75 Å². The van der Waals surface area contributed by atoms with Crippen molar-refractivity contribution in [1.29, 1.82) is 0 Å². The Labute approximate surface area is 84.1 Å². The topological polar surface area (TPSA) is 9.23 Å². The molecule has 0 saturated heterocycles. The van der Waals surface area contributed by atoms with Gasteiger partial charge in [0.05, 0.1) is 7.11 Å². The van der Waals surface area contributed by atoms with E-state index in [1.54, 1.807) is 14.0 Å². The van der Waals surface area contributed by atoms with Gasteiger partial charge in [-0.25, -0.2) is 0 Å². The molecule has 0 heterocycles. The van der Waals surface area contributed by atoms with Crippen LogP contribution in [0.4, 0.5) is 0 Å². The van der Waals surface area contributed by atoms with Gasteiger partial charge in [0.15, 0.2) is 0 Å². The minimum atomic E-state index is -1.20. The van der Waals surface area contributed by atoms with Crippen molar-refractivity contribution >= 4 is 21.6 Å². The number of rotatable bonds is 4. The molecule has 12 heavy (non-hydrogen) atoms. The lowest BCUT2D eigenvalue weighted by molar-refractivity contribution is 0.414. The molecule has 0 spiro atoms. The molecule has 1 aromatic carbocycles. The zero-order valence-corrected chi connectivity index (χ0v) is 8.67. The summed E-state index contributed by atoms with van der Waals surface area (Å²) in [5.41, 5.74) is -1.20. The molecule has 0 fully saturated rings. The Morgan fingerprint density at radius 3 is 2.58 bits per heavy atom. The van der Waals surface area contributed by atoms with Crippen LogP contribution in [-0.4, -0.2) is 12.8 Å². The van der Waals surface area contributed by atoms with Crippen molar-refractivity contribution in [2.75, 3.05) is 12.8 Å². The van der Waals surface area contributed by atoms with E-state index in [4.69, 9.17) is 7.48 Å². The van der Waals surface area contributed by atoms with Gasteiger partial charge >= 0.3 is 0 Å². The first-order chi connectivity index (χ1) is 6.51. The Kier molecular flexibility index (Phi) is 3.21. The number of methoxy groups -OCH3 is 1. The van der Waals surface area contributed by atoms with E-state index in [1.165, 1.54) is 21.6 Å². The third-order valence-electron chi connectivity index (χ3n) is 1.28.